The quantitative estimate of drug-likeness (QED) is 0.410. The fourth-order valence-corrected chi connectivity index (χ4v) is 4.49. The van der Waals surface area contributed by atoms with Gasteiger partial charge in [-0.05, 0) is 56.8 Å². The summed E-state index contributed by atoms with van der Waals surface area (Å²) >= 11 is 0. The van der Waals surface area contributed by atoms with E-state index in [1.807, 2.05) is 41.5 Å². The Morgan fingerprint density at radius 3 is 1.93 bits per heavy atom. The van der Waals surface area contributed by atoms with Gasteiger partial charge in [-0.15, -0.1) is 0 Å². The second-order valence-electron chi connectivity index (χ2n) is 10.4. The Labute approximate surface area is 179 Å². The van der Waals surface area contributed by atoms with E-state index < -0.39 is 35.7 Å². The summed E-state index contributed by atoms with van der Waals surface area (Å²) in [4.78, 5) is 26.1. The molecule has 0 saturated heterocycles. The van der Waals surface area contributed by atoms with Crippen LogP contribution in [0.25, 0.3) is 0 Å². The third-order valence-corrected chi connectivity index (χ3v) is 6.62. The van der Waals surface area contributed by atoms with Crippen LogP contribution in [0.15, 0.2) is 0 Å². The molecule has 1 aliphatic rings. The molecule has 0 radical (unpaired) electrons. The molecule has 0 spiro atoms. The molecule has 1 aliphatic carbocycles. The van der Waals surface area contributed by atoms with Crippen LogP contribution in [-0.2, 0) is 19.1 Å². The third kappa shape index (κ3) is 6.61. The Morgan fingerprint density at radius 2 is 1.53 bits per heavy atom. The van der Waals surface area contributed by atoms with Crippen molar-refractivity contribution in [1.29, 1.82) is 0 Å². The van der Waals surface area contributed by atoms with Gasteiger partial charge in [-0.1, -0.05) is 48.0 Å². The topological polar surface area (TPSA) is 52.6 Å². The third-order valence-electron chi connectivity index (χ3n) is 6.62. The maximum atomic E-state index is 13.5. The minimum Gasteiger partial charge on any atom is -0.458 e. The predicted octanol–water partition coefficient (Wildman–Crippen LogP) is 6.46. The van der Waals surface area contributed by atoms with Crippen molar-refractivity contribution in [2.75, 3.05) is 6.61 Å². The van der Waals surface area contributed by atoms with Crippen molar-refractivity contribution in [3.8, 4) is 0 Å². The first-order valence-corrected chi connectivity index (χ1v) is 11.0. The normalized spacial score (nSPS) is 20.4. The van der Waals surface area contributed by atoms with Gasteiger partial charge in [0.25, 0.3) is 0 Å². The van der Waals surface area contributed by atoms with Crippen molar-refractivity contribution in [1.82, 2.24) is 0 Å². The van der Waals surface area contributed by atoms with Crippen LogP contribution < -0.4 is 0 Å². The highest BCUT2D eigenvalue weighted by molar-refractivity contribution is 5.79. The van der Waals surface area contributed by atoms with Crippen LogP contribution in [0.5, 0.6) is 0 Å². The van der Waals surface area contributed by atoms with Gasteiger partial charge in [-0.3, -0.25) is 9.59 Å². The minimum absolute atomic E-state index is 0.250. The SMILES string of the molecule is CCC(C(=O)OCC(F)(F)F)C1(OC(=O)C(C)(CC(C)C)C(C)(C)C)CCCCC1. The number of halogens is 3. The molecule has 2 atom stereocenters. The Balaban J connectivity index is 3.22. The lowest BCUT2D eigenvalue weighted by Crippen LogP contribution is -2.52. The Bertz CT molecular complexity index is 586. The summed E-state index contributed by atoms with van der Waals surface area (Å²) in [7, 11) is 0. The molecule has 0 bridgehead atoms. The summed E-state index contributed by atoms with van der Waals surface area (Å²) in [5.41, 5.74) is -2.29. The zero-order valence-corrected chi connectivity index (χ0v) is 19.6. The summed E-state index contributed by atoms with van der Waals surface area (Å²) in [5, 5.41) is 0. The lowest BCUT2D eigenvalue weighted by molar-refractivity contribution is -0.207. The van der Waals surface area contributed by atoms with Gasteiger partial charge in [0.05, 0.1) is 11.3 Å². The van der Waals surface area contributed by atoms with Crippen molar-refractivity contribution in [3.05, 3.63) is 0 Å². The lowest BCUT2D eigenvalue weighted by Gasteiger charge is -2.47. The zero-order chi connectivity index (χ0) is 23.4. The summed E-state index contributed by atoms with van der Waals surface area (Å²) in [6.45, 7) is 12.0. The Hall–Kier alpha value is -1.27. The first-order valence-electron chi connectivity index (χ1n) is 11.0. The Kier molecular flexibility index (Phi) is 8.83. The lowest BCUT2D eigenvalue weighted by atomic mass is 9.63. The van der Waals surface area contributed by atoms with Crippen molar-refractivity contribution >= 4 is 11.9 Å². The van der Waals surface area contributed by atoms with E-state index in [9.17, 15) is 22.8 Å². The number of ether oxygens (including phenoxy) is 2. The van der Waals surface area contributed by atoms with Crippen molar-refractivity contribution in [2.45, 2.75) is 105 Å². The number of carbonyl (C=O) groups excluding carboxylic acids is 2. The Morgan fingerprint density at radius 1 is 1.00 bits per heavy atom. The molecule has 0 aromatic carbocycles. The van der Waals surface area contributed by atoms with Crippen LogP contribution >= 0.6 is 0 Å². The average Bonchev–Trinajstić information content (AvgIpc) is 2.59. The number of hydrogen-bond donors (Lipinski definition) is 0. The molecule has 0 heterocycles. The first kappa shape index (κ1) is 26.8. The molecule has 0 aromatic rings. The number of rotatable bonds is 8. The number of esters is 2. The molecule has 0 amide bonds. The van der Waals surface area contributed by atoms with Crippen molar-refractivity contribution in [3.63, 3.8) is 0 Å². The van der Waals surface area contributed by atoms with Gasteiger partial charge in [0.1, 0.15) is 5.60 Å². The molecule has 0 aliphatic heterocycles. The molecular weight excluding hydrogens is 397 g/mol. The van der Waals surface area contributed by atoms with Crippen LogP contribution in [0.4, 0.5) is 13.2 Å². The maximum Gasteiger partial charge on any atom is 0.422 e. The van der Waals surface area contributed by atoms with Gasteiger partial charge in [0.15, 0.2) is 6.61 Å². The maximum absolute atomic E-state index is 13.5. The van der Waals surface area contributed by atoms with Gasteiger partial charge in [-0.25, -0.2) is 0 Å². The van der Waals surface area contributed by atoms with Gasteiger partial charge in [0.2, 0.25) is 0 Å². The van der Waals surface area contributed by atoms with Crippen molar-refractivity contribution < 1.29 is 32.2 Å². The van der Waals surface area contributed by atoms with Gasteiger partial charge in [0, 0.05) is 0 Å². The standard InChI is InChI=1S/C23H39F3O4/c1-8-17(18(27)29-15-23(24,25)26)22(12-10-9-11-13-22)30-19(28)21(7,14-16(2)3)20(4,5)6/h16-17H,8-15H2,1-7H3. The summed E-state index contributed by atoms with van der Waals surface area (Å²) in [6.07, 6.45) is -0.358. The smallest absolute Gasteiger partial charge is 0.422 e. The monoisotopic (exact) mass is 436 g/mol. The van der Waals surface area contributed by atoms with E-state index in [0.29, 0.717) is 19.3 Å². The van der Waals surface area contributed by atoms with Crippen LogP contribution in [-0.4, -0.2) is 30.3 Å². The van der Waals surface area contributed by atoms with Crippen molar-refractivity contribution in [2.24, 2.45) is 22.7 Å². The predicted molar refractivity (Wildman–Crippen MR) is 110 cm³/mol. The van der Waals surface area contributed by atoms with Crippen LogP contribution in [0.1, 0.15) is 93.4 Å². The molecule has 4 nitrogen and oxygen atoms in total. The van der Waals surface area contributed by atoms with Crippen LogP contribution in [0, 0.1) is 22.7 Å². The van der Waals surface area contributed by atoms with Gasteiger partial charge >= 0.3 is 18.1 Å². The van der Waals surface area contributed by atoms with E-state index in [-0.39, 0.29) is 23.7 Å². The second-order valence-corrected chi connectivity index (χ2v) is 10.4. The molecule has 0 aromatic heterocycles. The van der Waals surface area contributed by atoms with E-state index in [4.69, 9.17) is 4.74 Å². The molecular formula is C23H39F3O4. The number of carbonyl (C=O) groups is 2. The van der Waals surface area contributed by atoms with E-state index in [1.165, 1.54) is 0 Å². The van der Waals surface area contributed by atoms with E-state index in [0.717, 1.165) is 19.3 Å². The molecule has 176 valence electrons. The highest BCUT2D eigenvalue weighted by Crippen LogP contribution is 2.48. The number of alkyl halides is 3. The second kappa shape index (κ2) is 9.90. The zero-order valence-electron chi connectivity index (χ0n) is 19.6. The van der Waals surface area contributed by atoms with E-state index in [2.05, 4.69) is 4.74 Å². The van der Waals surface area contributed by atoms with E-state index >= 15 is 0 Å². The average molecular weight is 437 g/mol. The molecule has 1 rings (SSSR count). The summed E-state index contributed by atoms with van der Waals surface area (Å²) in [6, 6.07) is 0. The molecule has 7 heteroatoms. The highest BCUT2D eigenvalue weighted by Gasteiger charge is 2.53. The highest BCUT2D eigenvalue weighted by atomic mass is 19.4. The summed E-state index contributed by atoms with van der Waals surface area (Å²) < 4.78 is 48.5. The molecule has 1 fully saturated rings. The fraction of sp³-hybridized carbons (Fsp3) is 0.913. The number of hydrogen-bond acceptors (Lipinski definition) is 4. The van der Waals surface area contributed by atoms with Crippen LogP contribution in [0.3, 0.4) is 0 Å². The van der Waals surface area contributed by atoms with Crippen LogP contribution in [0.2, 0.25) is 0 Å². The molecule has 2 unspecified atom stereocenters. The first-order chi connectivity index (χ1) is 13.6. The van der Waals surface area contributed by atoms with E-state index in [1.54, 1.807) is 6.92 Å². The summed E-state index contributed by atoms with van der Waals surface area (Å²) in [5.74, 6) is -1.98. The van der Waals surface area contributed by atoms with Gasteiger partial charge < -0.3 is 9.47 Å². The minimum atomic E-state index is -4.59. The van der Waals surface area contributed by atoms with Gasteiger partial charge in [-0.2, -0.15) is 13.2 Å². The fourth-order valence-electron chi connectivity index (χ4n) is 4.49. The molecule has 30 heavy (non-hydrogen) atoms. The molecule has 0 N–H and O–H groups in total. The largest absolute Gasteiger partial charge is 0.458 e. The molecule has 1 saturated carbocycles.